The molecule has 0 bridgehead atoms. The highest BCUT2D eigenvalue weighted by atomic mass is 35.5. The molecule has 0 radical (unpaired) electrons. The summed E-state index contributed by atoms with van der Waals surface area (Å²) in [7, 11) is 0. The van der Waals surface area contributed by atoms with Gasteiger partial charge in [-0.1, -0.05) is 23.4 Å². The number of aliphatic hydroxyl groups is 1. The Kier molecular flexibility index (Phi) is 4.94. The van der Waals surface area contributed by atoms with Gasteiger partial charge < -0.3 is 10.4 Å². The molecule has 3 nitrogen and oxygen atoms in total. The molecule has 1 amide bonds. The lowest BCUT2D eigenvalue weighted by Gasteiger charge is -2.07. The monoisotopic (exact) mass is 303 g/mol. The van der Waals surface area contributed by atoms with Crippen molar-refractivity contribution in [2.75, 3.05) is 11.9 Å². The van der Waals surface area contributed by atoms with E-state index in [1.165, 1.54) is 12.1 Å². The second-order valence-corrected chi connectivity index (χ2v) is 4.55. The molecule has 5 heteroatoms. The Morgan fingerprint density at radius 3 is 2.62 bits per heavy atom. The van der Waals surface area contributed by atoms with E-state index in [2.05, 4.69) is 17.2 Å². The van der Waals surface area contributed by atoms with Crippen molar-refractivity contribution < 1.29 is 14.3 Å². The number of hydrogen-bond donors (Lipinski definition) is 2. The maximum absolute atomic E-state index is 13.3. The molecule has 21 heavy (non-hydrogen) atoms. The van der Waals surface area contributed by atoms with Crippen molar-refractivity contribution >= 4 is 23.2 Å². The largest absolute Gasteiger partial charge is 0.384 e. The van der Waals surface area contributed by atoms with Crippen LogP contribution in [0.3, 0.4) is 0 Å². The molecule has 0 aliphatic heterocycles. The summed E-state index contributed by atoms with van der Waals surface area (Å²) in [6.07, 6.45) is 0. The lowest BCUT2D eigenvalue weighted by atomic mass is 10.1. The topological polar surface area (TPSA) is 49.3 Å². The second kappa shape index (κ2) is 6.89. The minimum absolute atomic E-state index is 0.103. The minimum atomic E-state index is -0.536. The molecule has 2 aromatic carbocycles. The van der Waals surface area contributed by atoms with E-state index in [0.717, 1.165) is 6.07 Å². The molecule has 2 N–H and O–H groups in total. The predicted molar refractivity (Wildman–Crippen MR) is 79.8 cm³/mol. The number of aliphatic hydroxyl groups excluding tert-OH is 1. The number of anilines is 1. The third-order valence-electron chi connectivity index (χ3n) is 2.63. The summed E-state index contributed by atoms with van der Waals surface area (Å²) in [6.45, 7) is -0.338. The first kappa shape index (κ1) is 15.0. The number of rotatable bonds is 2. The Morgan fingerprint density at radius 1 is 1.24 bits per heavy atom. The molecule has 0 aliphatic carbocycles. The fourth-order valence-electron chi connectivity index (χ4n) is 1.68. The van der Waals surface area contributed by atoms with E-state index < -0.39 is 11.7 Å². The van der Waals surface area contributed by atoms with E-state index in [9.17, 15) is 9.18 Å². The molecule has 0 aliphatic rings. The molecule has 0 unspecified atom stereocenters. The highest BCUT2D eigenvalue weighted by Gasteiger charge is 2.12. The van der Waals surface area contributed by atoms with E-state index in [0.29, 0.717) is 16.3 Å². The van der Waals surface area contributed by atoms with Crippen LogP contribution in [-0.2, 0) is 0 Å². The zero-order valence-corrected chi connectivity index (χ0v) is 11.6. The Labute approximate surface area is 126 Å². The van der Waals surface area contributed by atoms with Gasteiger partial charge in [0.1, 0.15) is 12.4 Å². The standard InChI is InChI=1S/C16H11ClFNO2/c17-12-4-7-14(8-5-12)19-16(21)15-10-13(18)6-3-11(15)2-1-9-20/h3-8,10,20H,9H2,(H,19,21). The molecular weight excluding hydrogens is 293 g/mol. The number of hydrogen-bond acceptors (Lipinski definition) is 2. The zero-order valence-electron chi connectivity index (χ0n) is 10.9. The smallest absolute Gasteiger partial charge is 0.257 e. The molecule has 2 aromatic rings. The molecule has 106 valence electrons. The van der Waals surface area contributed by atoms with Gasteiger partial charge in [0.05, 0.1) is 5.56 Å². The lowest BCUT2D eigenvalue weighted by Crippen LogP contribution is -2.14. The molecule has 0 aromatic heterocycles. The van der Waals surface area contributed by atoms with Gasteiger partial charge in [0, 0.05) is 16.3 Å². The Hall–Kier alpha value is -2.35. The highest BCUT2D eigenvalue weighted by Crippen LogP contribution is 2.16. The summed E-state index contributed by atoms with van der Waals surface area (Å²) in [5.41, 5.74) is 0.984. The third-order valence-corrected chi connectivity index (χ3v) is 2.88. The molecule has 0 spiro atoms. The minimum Gasteiger partial charge on any atom is -0.384 e. The molecule has 2 rings (SSSR count). The number of halogens is 2. The molecule has 0 atom stereocenters. The van der Waals surface area contributed by atoms with E-state index in [1.807, 2.05) is 0 Å². The van der Waals surface area contributed by atoms with Crippen molar-refractivity contribution in [3.05, 3.63) is 64.4 Å². The zero-order chi connectivity index (χ0) is 15.2. The molecule has 0 fully saturated rings. The van der Waals surface area contributed by atoms with Crippen molar-refractivity contribution in [2.45, 2.75) is 0 Å². The van der Waals surface area contributed by atoms with E-state index in [1.54, 1.807) is 24.3 Å². The Morgan fingerprint density at radius 2 is 1.95 bits per heavy atom. The molecule has 0 heterocycles. The number of benzene rings is 2. The van der Waals surface area contributed by atoms with Gasteiger partial charge in [0.15, 0.2) is 0 Å². The van der Waals surface area contributed by atoms with Gasteiger partial charge in [0.25, 0.3) is 5.91 Å². The Balaban J connectivity index is 2.29. The first-order valence-corrected chi connectivity index (χ1v) is 6.44. The third kappa shape index (κ3) is 4.06. The van der Waals surface area contributed by atoms with Crippen LogP contribution >= 0.6 is 11.6 Å². The van der Waals surface area contributed by atoms with Crippen LogP contribution in [0.15, 0.2) is 42.5 Å². The van der Waals surface area contributed by atoms with Crippen LogP contribution in [0.5, 0.6) is 0 Å². The van der Waals surface area contributed by atoms with Gasteiger partial charge in [-0.25, -0.2) is 4.39 Å². The predicted octanol–water partition coefficient (Wildman–Crippen LogP) is 3.08. The van der Waals surface area contributed by atoms with Gasteiger partial charge in [-0.3, -0.25) is 4.79 Å². The summed E-state index contributed by atoms with van der Waals surface area (Å²) >= 11 is 5.76. The van der Waals surface area contributed by atoms with Crippen LogP contribution in [0.2, 0.25) is 5.02 Å². The van der Waals surface area contributed by atoms with Crippen molar-refractivity contribution in [3.63, 3.8) is 0 Å². The first-order chi connectivity index (χ1) is 10.1. The van der Waals surface area contributed by atoms with E-state index >= 15 is 0 Å². The summed E-state index contributed by atoms with van der Waals surface area (Å²) in [6, 6.07) is 10.3. The van der Waals surface area contributed by atoms with Gasteiger partial charge in [-0.15, -0.1) is 0 Å². The average molecular weight is 304 g/mol. The highest BCUT2D eigenvalue weighted by molar-refractivity contribution is 6.30. The summed E-state index contributed by atoms with van der Waals surface area (Å²) in [4.78, 5) is 12.2. The van der Waals surface area contributed by atoms with Gasteiger partial charge in [-0.05, 0) is 42.5 Å². The van der Waals surface area contributed by atoms with Crippen molar-refractivity contribution in [1.82, 2.24) is 0 Å². The van der Waals surface area contributed by atoms with Crippen LogP contribution in [0.4, 0.5) is 10.1 Å². The molecule has 0 saturated heterocycles. The van der Waals surface area contributed by atoms with Crippen LogP contribution in [0, 0.1) is 17.7 Å². The van der Waals surface area contributed by atoms with Crippen LogP contribution < -0.4 is 5.32 Å². The average Bonchev–Trinajstić information content (AvgIpc) is 2.48. The number of carbonyl (C=O) groups excluding carboxylic acids is 1. The maximum atomic E-state index is 13.3. The van der Waals surface area contributed by atoms with E-state index in [4.69, 9.17) is 16.7 Å². The SMILES string of the molecule is O=C(Nc1ccc(Cl)cc1)c1cc(F)ccc1C#CCO. The van der Waals surface area contributed by atoms with Gasteiger partial charge in [0.2, 0.25) is 0 Å². The molecular formula is C16H11ClFNO2. The fraction of sp³-hybridized carbons (Fsp3) is 0.0625. The van der Waals surface area contributed by atoms with Crippen LogP contribution in [-0.4, -0.2) is 17.6 Å². The molecule has 0 saturated carbocycles. The van der Waals surface area contributed by atoms with Crippen LogP contribution in [0.1, 0.15) is 15.9 Å². The summed E-state index contributed by atoms with van der Waals surface area (Å²) in [5, 5.41) is 11.9. The quantitative estimate of drug-likeness (QED) is 0.838. The maximum Gasteiger partial charge on any atom is 0.257 e. The van der Waals surface area contributed by atoms with Crippen LogP contribution in [0.25, 0.3) is 0 Å². The first-order valence-electron chi connectivity index (χ1n) is 6.06. The second-order valence-electron chi connectivity index (χ2n) is 4.11. The number of amides is 1. The fourth-order valence-corrected chi connectivity index (χ4v) is 1.81. The Bertz CT molecular complexity index is 717. The number of carbonyl (C=O) groups is 1. The van der Waals surface area contributed by atoms with Crippen molar-refractivity contribution in [3.8, 4) is 11.8 Å². The van der Waals surface area contributed by atoms with Gasteiger partial charge >= 0.3 is 0 Å². The summed E-state index contributed by atoms with van der Waals surface area (Å²) < 4.78 is 13.3. The lowest BCUT2D eigenvalue weighted by molar-refractivity contribution is 0.102. The van der Waals surface area contributed by atoms with E-state index in [-0.39, 0.29) is 12.2 Å². The van der Waals surface area contributed by atoms with Crippen molar-refractivity contribution in [1.29, 1.82) is 0 Å². The number of nitrogens with one attached hydrogen (secondary N) is 1. The van der Waals surface area contributed by atoms with Crippen molar-refractivity contribution in [2.24, 2.45) is 0 Å². The summed E-state index contributed by atoms with van der Waals surface area (Å²) in [5.74, 6) is 4.03. The van der Waals surface area contributed by atoms with Gasteiger partial charge in [-0.2, -0.15) is 0 Å². The normalized spacial score (nSPS) is 9.67.